The minimum absolute atomic E-state index is 0.0788. The molecule has 0 spiro atoms. The first-order chi connectivity index (χ1) is 15.0. The first-order valence-corrected chi connectivity index (χ1v) is 11.4. The van der Waals surface area contributed by atoms with E-state index in [-0.39, 0.29) is 11.1 Å². The Hall–Kier alpha value is -2.72. The van der Waals surface area contributed by atoms with Crippen molar-refractivity contribution in [3.8, 4) is 0 Å². The number of benzene rings is 2. The summed E-state index contributed by atoms with van der Waals surface area (Å²) in [6.45, 7) is 4.46. The molecule has 164 valence electrons. The molecule has 0 saturated carbocycles. The molecule has 31 heavy (non-hydrogen) atoms. The van der Waals surface area contributed by atoms with Crippen LogP contribution < -0.4 is 10.6 Å². The molecule has 0 saturated heterocycles. The highest BCUT2D eigenvalue weighted by atomic mass is 32.2. The average Bonchev–Trinajstić information content (AvgIpc) is 2.74. The third kappa shape index (κ3) is 7.80. The molecule has 0 atom stereocenters. The number of halogens is 2. The van der Waals surface area contributed by atoms with Crippen LogP contribution in [0, 0.1) is 11.6 Å². The van der Waals surface area contributed by atoms with Crippen molar-refractivity contribution in [2.45, 2.75) is 13.8 Å². The lowest BCUT2D eigenvalue weighted by molar-refractivity contribution is 0.0965. The maximum atomic E-state index is 13.8. The van der Waals surface area contributed by atoms with Gasteiger partial charge in [-0.25, -0.2) is 8.78 Å². The lowest BCUT2D eigenvalue weighted by atomic mass is 10.2. The van der Waals surface area contributed by atoms with Crippen molar-refractivity contribution < 1.29 is 18.4 Å². The van der Waals surface area contributed by atoms with Crippen LogP contribution in [0.2, 0.25) is 0 Å². The molecule has 0 aromatic heterocycles. The average molecular weight is 465 g/mol. The smallest absolute Gasteiger partial charge is 0.260 e. The van der Waals surface area contributed by atoms with Gasteiger partial charge in [-0.2, -0.15) is 0 Å². The van der Waals surface area contributed by atoms with Gasteiger partial charge in [0.15, 0.2) is 10.3 Å². The maximum Gasteiger partial charge on any atom is 0.260 e. The van der Waals surface area contributed by atoms with Crippen LogP contribution in [0.1, 0.15) is 34.6 Å². The van der Waals surface area contributed by atoms with Gasteiger partial charge in [-0.3, -0.25) is 19.6 Å². The molecule has 2 amide bonds. The Balaban J connectivity index is 1.96. The number of carbonyl (C=O) groups excluding carboxylic acids is 2. The summed E-state index contributed by atoms with van der Waals surface area (Å²) in [5.74, 6) is -2.44. The van der Waals surface area contributed by atoms with Crippen molar-refractivity contribution in [3.05, 3.63) is 71.3 Å². The second-order valence-electron chi connectivity index (χ2n) is 5.83. The van der Waals surface area contributed by atoms with Gasteiger partial charge in [-0.05, 0) is 38.1 Å². The Morgan fingerprint density at radius 3 is 1.52 bits per heavy atom. The zero-order valence-corrected chi connectivity index (χ0v) is 18.7. The van der Waals surface area contributed by atoms with Crippen LogP contribution in [0.25, 0.3) is 0 Å². The lowest BCUT2D eigenvalue weighted by Gasteiger charge is -2.11. The molecule has 0 unspecified atom stereocenters. The molecule has 0 aliphatic carbocycles. The van der Waals surface area contributed by atoms with Gasteiger partial charge in [0.25, 0.3) is 11.8 Å². The maximum absolute atomic E-state index is 13.8. The molecular weight excluding hydrogens is 442 g/mol. The van der Waals surface area contributed by atoms with Gasteiger partial charge in [0.1, 0.15) is 11.6 Å². The molecule has 10 heteroatoms. The van der Waals surface area contributed by atoms with Crippen LogP contribution in [-0.4, -0.2) is 40.3 Å². The number of amides is 2. The number of aliphatic imine (C=N–C) groups is 2. The third-order valence-electron chi connectivity index (χ3n) is 3.67. The lowest BCUT2D eigenvalue weighted by Crippen LogP contribution is -2.31. The highest BCUT2D eigenvalue weighted by Gasteiger charge is 2.16. The molecule has 0 aliphatic heterocycles. The van der Waals surface area contributed by atoms with E-state index in [2.05, 4.69) is 20.6 Å². The van der Waals surface area contributed by atoms with Crippen molar-refractivity contribution in [1.29, 1.82) is 0 Å². The van der Waals surface area contributed by atoms with Crippen LogP contribution in [0.15, 0.2) is 58.5 Å². The van der Waals surface area contributed by atoms with E-state index in [0.29, 0.717) is 28.5 Å². The Morgan fingerprint density at radius 1 is 0.774 bits per heavy atom. The first kappa shape index (κ1) is 24.5. The SMILES string of the molecule is CCN=C(NC(=O)c1ccccc1F)SCSC(=NCC)NC(=O)c1ccccc1F. The fraction of sp³-hybridized carbons (Fsp3) is 0.238. The molecule has 2 aromatic carbocycles. The van der Waals surface area contributed by atoms with Crippen LogP contribution in [-0.2, 0) is 0 Å². The largest absolute Gasteiger partial charge is 0.301 e. The third-order valence-corrected chi connectivity index (χ3v) is 5.62. The molecule has 0 heterocycles. The summed E-state index contributed by atoms with van der Waals surface area (Å²) >= 11 is 2.42. The number of thioether (sulfide) groups is 2. The number of hydrogen-bond donors (Lipinski definition) is 2. The number of carbonyl (C=O) groups is 2. The van der Waals surface area contributed by atoms with E-state index >= 15 is 0 Å². The minimum atomic E-state index is -0.622. The Bertz CT molecular complexity index is 906. The predicted molar refractivity (Wildman–Crippen MR) is 124 cm³/mol. The predicted octanol–water partition coefficient (Wildman–Crippen LogP) is 4.30. The minimum Gasteiger partial charge on any atom is -0.301 e. The number of nitrogens with one attached hydrogen (secondary N) is 2. The fourth-order valence-corrected chi connectivity index (χ4v) is 4.19. The monoisotopic (exact) mass is 464 g/mol. The summed E-state index contributed by atoms with van der Waals surface area (Å²) in [6.07, 6.45) is 0. The van der Waals surface area contributed by atoms with E-state index in [9.17, 15) is 18.4 Å². The molecule has 0 aliphatic rings. The number of rotatable bonds is 6. The topological polar surface area (TPSA) is 82.9 Å². The van der Waals surface area contributed by atoms with Crippen LogP contribution in [0.5, 0.6) is 0 Å². The summed E-state index contributed by atoms with van der Waals surface area (Å²) in [5, 5.41) is 6.19. The van der Waals surface area contributed by atoms with Gasteiger partial charge in [-0.1, -0.05) is 47.8 Å². The van der Waals surface area contributed by atoms with E-state index in [1.54, 1.807) is 12.1 Å². The Labute approximate surface area is 188 Å². The molecule has 6 nitrogen and oxygen atoms in total. The van der Waals surface area contributed by atoms with Gasteiger partial charge in [0, 0.05) is 13.1 Å². The molecule has 2 aromatic rings. The summed E-state index contributed by atoms with van der Waals surface area (Å²) in [6, 6.07) is 11.3. The number of amidine groups is 2. The quantitative estimate of drug-likeness (QED) is 0.379. The molecule has 2 rings (SSSR count). The zero-order valence-electron chi connectivity index (χ0n) is 17.0. The van der Waals surface area contributed by atoms with Gasteiger partial charge in [-0.15, -0.1) is 0 Å². The van der Waals surface area contributed by atoms with Crippen molar-refractivity contribution in [3.63, 3.8) is 0 Å². The second kappa shape index (κ2) is 12.9. The first-order valence-electron chi connectivity index (χ1n) is 9.42. The van der Waals surface area contributed by atoms with Crippen molar-refractivity contribution >= 4 is 45.7 Å². The number of nitrogens with zero attached hydrogens (tertiary/aromatic N) is 2. The summed E-state index contributed by atoms with van der Waals surface area (Å²) in [4.78, 5) is 33.1. The molecular formula is C21H22F2N4O2S2. The van der Waals surface area contributed by atoms with Gasteiger partial charge in [0.05, 0.1) is 16.2 Å². The van der Waals surface area contributed by atoms with E-state index < -0.39 is 23.4 Å². The number of hydrogen-bond acceptors (Lipinski definition) is 6. The van der Waals surface area contributed by atoms with E-state index in [1.807, 2.05) is 13.8 Å². The zero-order chi connectivity index (χ0) is 22.6. The van der Waals surface area contributed by atoms with Gasteiger partial charge in [0.2, 0.25) is 0 Å². The fourth-order valence-electron chi connectivity index (χ4n) is 2.29. The molecule has 2 N–H and O–H groups in total. The highest BCUT2D eigenvalue weighted by molar-refractivity contribution is 8.29. The van der Waals surface area contributed by atoms with Crippen molar-refractivity contribution in [2.75, 3.05) is 18.2 Å². The highest BCUT2D eigenvalue weighted by Crippen LogP contribution is 2.16. The Morgan fingerprint density at radius 2 is 1.16 bits per heavy atom. The molecule has 0 fully saturated rings. The Kier molecular flexibility index (Phi) is 10.2. The van der Waals surface area contributed by atoms with Crippen molar-refractivity contribution in [1.82, 2.24) is 10.6 Å². The van der Waals surface area contributed by atoms with Crippen molar-refractivity contribution in [2.24, 2.45) is 9.98 Å². The molecule has 0 bridgehead atoms. The van der Waals surface area contributed by atoms with Gasteiger partial charge >= 0.3 is 0 Å². The van der Waals surface area contributed by atoms with Gasteiger partial charge < -0.3 is 10.6 Å². The van der Waals surface area contributed by atoms with Crippen LogP contribution in [0.4, 0.5) is 8.78 Å². The molecule has 0 radical (unpaired) electrons. The summed E-state index contributed by atoms with van der Waals surface area (Å²) < 4.78 is 27.6. The standard InChI is InChI=1S/C21H22F2N4O2S2/c1-3-24-20(26-18(28)14-9-5-7-11-16(14)22)30-13-31-21(25-4-2)27-19(29)15-10-6-8-12-17(15)23/h5-12H,3-4,13H2,1-2H3,(H,24,26,28)(H,25,27,29). The summed E-state index contributed by atoms with van der Waals surface area (Å²) in [7, 11) is 0. The van der Waals surface area contributed by atoms with Crippen LogP contribution >= 0.6 is 23.5 Å². The van der Waals surface area contributed by atoms with E-state index in [1.165, 1.54) is 59.9 Å². The summed E-state index contributed by atoms with van der Waals surface area (Å²) in [5.41, 5.74) is -0.158. The van der Waals surface area contributed by atoms with E-state index in [4.69, 9.17) is 0 Å². The van der Waals surface area contributed by atoms with E-state index in [0.717, 1.165) is 0 Å². The second-order valence-corrected chi connectivity index (χ2v) is 8.13. The van der Waals surface area contributed by atoms with Crippen LogP contribution in [0.3, 0.4) is 0 Å². The normalized spacial score (nSPS) is 11.9.